The minimum Gasteiger partial charge on any atom is -0.490 e. The lowest BCUT2D eigenvalue weighted by molar-refractivity contribution is 0.363. The molecule has 1 nitrogen and oxygen atoms in total. The van der Waals surface area contributed by atoms with Crippen LogP contribution in [0.1, 0.15) is 11.1 Å². The van der Waals surface area contributed by atoms with Gasteiger partial charge in [0.05, 0.1) is 0 Å². The first kappa shape index (κ1) is 10.6. The summed E-state index contributed by atoms with van der Waals surface area (Å²) in [6, 6.07) is 6.10. The maximum absolute atomic E-state index is 5.43. The third-order valence-corrected chi connectivity index (χ3v) is 2.05. The highest BCUT2D eigenvalue weighted by molar-refractivity contribution is 5.35. The normalized spacial score (nSPS) is 9.50. The molecule has 0 N–H and O–H groups in total. The fraction of sp³-hybridized carbons (Fsp3) is 0.231. The Hall–Kier alpha value is -1.50. The van der Waals surface area contributed by atoms with E-state index in [-0.39, 0.29) is 0 Å². The molecule has 1 rings (SSSR count). The van der Waals surface area contributed by atoms with Crippen molar-refractivity contribution in [2.75, 3.05) is 6.61 Å². The Kier molecular flexibility index (Phi) is 3.99. The molecule has 0 aromatic heterocycles. The second kappa shape index (κ2) is 5.28. The zero-order valence-electron chi connectivity index (χ0n) is 8.62. The molecule has 1 aromatic carbocycles. The Morgan fingerprint density at radius 1 is 1.29 bits per heavy atom. The van der Waals surface area contributed by atoms with Crippen molar-refractivity contribution in [1.82, 2.24) is 0 Å². The number of benzene rings is 1. The third-order valence-electron chi connectivity index (χ3n) is 2.05. The van der Waals surface area contributed by atoms with Gasteiger partial charge in [-0.1, -0.05) is 24.8 Å². The fourth-order valence-corrected chi connectivity index (χ4v) is 1.30. The van der Waals surface area contributed by atoms with E-state index < -0.39 is 0 Å². The second-order valence-electron chi connectivity index (χ2n) is 3.18. The quantitative estimate of drug-likeness (QED) is 0.644. The Bertz CT molecular complexity index is 326. The van der Waals surface area contributed by atoms with Crippen molar-refractivity contribution in [3.63, 3.8) is 0 Å². The molecule has 0 heterocycles. The molecule has 0 unspecified atom stereocenters. The second-order valence-corrected chi connectivity index (χ2v) is 3.18. The molecule has 14 heavy (non-hydrogen) atoms. The molecule has 1 aromatic rings. The Balaban J connectivity index is 2.77. The van der Waals surface area contributed by atoms with Crippen LogP contribution in [0.3, 0.4) is 0 Å². The van der Waals surface area contributed by atoms with E-state index in [2.05, 4.69) is 26.1 Å². The number of aryl methyl sites for hydroxylation is 1. The molecule has 0 atom stereocenters. The first-order valence-electron chi connectivity index (χ1n) is 4.72. The summed E-state index contributed by atoms with van der Waals surface area (Å²) in [6.45, 7) is 9.97. The van der Waals surface area contributed by atoms with Crippen molar-refractivity contribution in [3.05, 3.63) is 54.6 Å². The van der Waals surface area contributed by atoms with E-state index in [9.17, 15) is 0 Å². The Morgan fingerprint density at radius 2 is 2.07 bits per heavy atom. The molecule has 0 bridgehead atoms. The van der Waals surface area contributed by atoms with Crippen molar-refractivity contribution < 1.29 is 4.74 Å². The van der Waals surface area contributed by atoms with Crippen LogP contribution in [0.15, 0.2) is 43.5 Å². The van der Waals surface area contributed by atoms with Crippen LogP contribution < -0.4 is 4.74 Å². The summed E-state index contributed by atoms with van der Waals surface area (Å²) in [5.74, 6) is 0.898. The van der Waals surface area contributed by atoms with Crippen LogP contribution in [0, 0.1) is 6.92 Å². The van der Waals surface area contributed by atoms with Crippen LogP contribution in [-0.4, -0.2) is 6.61 Å². The average Bonchev–Trinajstić information content (AvgIpc) is 2.19. The van der Waals surface area contributed by atoms with Crippen molar-refractivity contribution in [2.45, 2.75) is 13.3 Å². The van der Waals surface area contributed by atoms with Gasteiger partial charge < -0.3 is 4.74 Å². The first-order chi connectivity index (χ1) is 6.77. The molecular formula is C13H16O. The van der Waals surface area contributed by atoms with Crippen LogP contribution in [0.5, 0.6) is 5.75 Å². The summed E-state index contributed by atoms with van der Waals surface area (Å²) >= 11 is 0. The number of rotatable bonds is 5. The zero-order valence-corrected chi connectivity index (χ0v) is 8.62. The van der Waals surface area contributed by atoms with Gasteiger partial charge in [0, 0.05) is 0 Å². The average molecular weight is 188 g/mol. The maximum Gasteiger partial charge on any atom is 0.120 e. The van der Waals surface area contributed by atoms with Gasteiger partial charge in [-0.2, -0.15) is 0 Å². The van der Waals surface area contributed by atoms with Gasteiger partial charge in [-0.05, 0) is 36.6 Å². The highest BCUT2D eigenvalue weighted by Gasteiger charge is 1.98. The predicted octanol–water partition coefficient (Wildman–Crippen LogP) is 3.29. The van der Waals surface area contributed by atoms with E-state index in [0.717, 1.165) is 12.2 Å². The largest absolute Gasteiger partial charge is 0.490 e. The van der Waals surface area contributed by atoms with Gasteiger partial charge in [0.25, 0.3) is 0 Å². The minimum absolute atomic E-state index is 0.556. The summed E-state index contributed by atoms with van der Waals surface area (Å²) in [7, 11) is 0. The van der Waals surface area contributed by atoms with Crippen molar-refractivity contribution in [1.29, 1.82) is 0 Å². The summed E-state index contributed by atoms with van der Waals surface area (Å²) < 4.78 is 5.43. The van der Waals surface area contributed by atoms with Crippen molar-refractivity contribution in [3.8, 4) is 5.75 Å². The molecule has 0 aliphatic heterocycles. The lowest BCUT2D eigenvalue weighted by atomic mass is 10.1. The summed E-state index contributed by atoms with van der Waals surface area (Å²) in [6.07, 6.45) is 4.56. The predicted molar refractivity (Wildman–Crippen MR) is 60.8 cm³/mol. The summed E-state index contributed by atoms with van der Waals surface area (Å²) in [5, 5.41) is 0. The first-order valence-corrected chi connectivity index (χ1v) is 4.72. The standard InChI is InChI=1S/C13H16O/c1-4-6-12-7-8-13(10-11(12)3)14-9-5-2/h4-5,7-8,10H,1-2,6,9H2,3H3. The smallest absolute Gasteiger partial charge is 0.120 e. The fourth-order valence-electron chi connectivity index (χ4n) is 1.30. The molecule has 74 valence electrons. The van der Waals surface area contributed by atoms with Gasteiger partial charge in [0.2, 0.25) is 0 Å². The molecule has 0 saturated heterocycles. The number of hydrogen-bond acceptors (Lipinski definition) is 1. The molecule has 1 heteroatoms. The number of hydrogen-bond donors (Lipinski definition) is 0. The van der Waals surface area contributed by atoms with Gasteiger partial charge >= 0.3 is 0 Å². The van der Waals surface area contributed by atoms with Crippen LogP contribution in [-0.2, 0) is 6.42 Å². The van der Waals surface area contributed by atoms with Gasteiger partial charge in [-0.25, -0.2) is 0 Å². The zero-order chi connectivity index (χ0) is 10.4. The molecule has 0 fully saturated rings. The van der Waals surface area contributed by atoms with E-state index in [1.807, 2.05) is 18.2 Å². The van der Waals surface area contributed by atoms with E-state index >= 15 is 0 Å². The van der Waals surface area contributed by atoms with Crippen LogP contribution in [0.25, 0.3) is 0 Å². The van der Waals surface area contributed by atoms with E-state index in [0.29, 0.717) is 6.61 Å². The third kappa shape index (κ3) is 2.77. The van der Waals surface area contributed by atoms with Crippen LogP contribution >= 0.6 is 0 Å². The molecule has 0 spiro atoms. The van der Waals surface area contributed by atoms with Gasteiger partial charge in [-0.3, -0.25) is 0 Å². The molecular weight excluding hydrogens is 172 g/mol. The van der Waals surface area contributed by atoms with E-state index in [4.69, 9.17) is 4.74 Å². The Morgan fingerprint density at radius 3 is 2.64 bits per heavy atom. The molecule has 0 radical (unpaired) electrons. The maximum atomic E-state index is 5.43. The van der Waals surface area contributed by atoms with Crippen molar-refractivity contribution >= 4 is 0 Å². The van der Waals surface area contributed by atoms with E-state index in [1.165, 1.54) is 11.1 Å². The summed E-state index contributed by atoms with van der Waals surface area (Å²) in [5.41, 5.74) is 2.54. The summed E-state index contributed by atoms with van der Waals surface area (Å²) in [4.78, 5) is 0. The SMILES string of the molecule is C=CCOc1ccc(CC=C)c(C)c1. The topological polar surface area (TPSA) is 9.23 Å². The van der Waals surface area contributed by atoms with Crippen LogP contribution in [0.4, 0.5) is 0 Å². The van der Waals surface area contributed by atoms with Gasteiger partial charge in [-0.15, -0.1) is 6.58 Å². The molecule has 0 aliphatic carbocycles. The lowest BCUT2D eigenvalue weighted by Crippen LogP contribution is -1.94. The molecule has 0 aliphatic rings. The van der Waals surface area contributed by atoms with Crippen molar-refractivity contribution in [2.24, 2.45) is 0 Å². The molecule has 0 amide bonds. The van der Waals surface area contributed by atoms with Crippen LogP contribution in [0.2, 0.25) is 0 Å². The van der Waals surface area contributed by atoms with Gasteiger partial charge in [0.15, 0.2) is 0 Å². The molecule has 0 saturated carbocycles. The highest BCUT2D eigenvalue weighted by atomic mass is 16.5. The Labute approximate surface area is 85.7 Å². The highest BCUT2D eigenvalue weighted by Crippen LogP contribution is 2.17. The van der Waals surface area contributed by atoms with E-state index in [1.54, 1.807) is 6.08 Å². The number of ether oxygens (including phenoxy) is 1. The number of allylic oxidation sites excluding steroid dienone is 1. The van der Waals surface area contributed by atoms with Gasteiger partial charge in [0.1, 0.15) is 12.4 Å². The monoisotopic (exact) mass is 188 g/mol. The minimum atomic E-state index is 0.556. The lowest BCUT2D eigenvalue weighted by Gasteiger charge is -2.07.